The minimum Gasteiger partial charge on any atom is -0.296 e. The molecule has 17 heavy (non-hydrogen) atoms. The smallest absolute Gasteiger partial charge is 0.0245 e. The number of alkyl halides is 1. The summed E-state index contributed by atoms with van der Waals surface area (Å²) in [6.07, 6.45) is 5.46. The van der Waals surface area contributed by atoms with Crippen molar-refractivity contribution < 1.29 is 0 Å². The van der Waals surface area contributed by atoms with Crippen molar-refractivity contribution in [1.29, 1.82) is 0 Å². The second-order valence-corrected chi connectivity index (χ2v) is 6.53. The molecule has 1 fully saturated rings. The van der Waals surface area contributed by atoms with Crippen LogP contribution >= 0.6 is 27.3 Å². The molecule has 1 nitrogen and oxygen atoms in total. The highest BCUT2D eigenvalue weighted by Gasteiger charge is 2.30. The normalized spacial score (nSPS) is 17.6. The van der Waals surface area contributed by atoms with Crippen LogP contribution in [0.25, 0.3) is 0 Å². The monoisotopic (exact) mass is 315 g/mol. The Morgan fingerprint density at radius 3 is 2.88 bits per heavy atom. The fraction of sp³-hybridized carbons (Fsp3) is 0.714. The van der Waals surface area contributed by atoms with Gasteiger partial charge in [0.15, 0.2) is 0 Å². The Balaban J connectivity index is 1.88. The van der Waals surface area contributed by atoms with Gasteiger partial charge in [0.2, 0.25) is 0 Å². The summed E-state index contributed by atoms with van der Waals surface area (Å²) in [6.45, 7) is 4.71. The summed E-state index contributed by atoms with van der Waals surface area (Å²) in [5.41, 5.74) is 1.49. The van der Waals surface area contributed by atoms with Gasteiger partial charge >= 0.3 is 0 Å². The van der Waals surface area contributed by atoms with E-state index in [1.165, 1.54) is 37.8 Å². The van der Waals surface area contributed by atoms with E-state index in [0.29, 0.717) is 0 Å². The van der Waals surface area contributed by atoms with Gasteiger partial charge in [-0.15, -0.1) is 0 Å². The molecule has 0 bridgehead atoms. The van der Waals surface area contributed by atoms with E-state index in [1.807, 2.05) is 11.3 Å². The molecule has 1 saturated carbocycles. The second-order valence-electron chi connectivity index (χ2n) is 5.10. The van der Waals surface area contributed by atoms with Crippen molar-refractivity contribution in [3.63, 3.8) is 0 Å². The third-order valence-corrected chi connectivity index (χ3v) is 5.08. The molecule has 1 aromatic rings. The maximum absolute atomic E-state index is 3.67. The van der Waals surface area contributed by atoms with Gasteiger partial charge in [-0.05, 0) is 47.6 Å². The Labute approximate surface area is 117 Å². The van der Waals surface area contributed by atoms with E-state index < -0.39 is 0 Å². The predicted octanol–water partition coefficient (Wildman–Crippen LogP) is 4.52. The molecule has 0 radical (unpaired) electrons. The number of hydrogen-bond donors (Lipinski definition) is 0. The predicted molar refractivity (Wildman–Crippen MR) is 79.9 cm³/mol. The highest BCUT2D eigenvalue weighted by molar-refractivity contribution is 9.09. The number of hydrogen-bond acceptors (Lipinski definition) is 2. The number of halogens is 1. The molecule has 1 aliphatic rings. The Morgan fingerprint density at radius 2 is 2.35 bits per heavy atom. The molecular formula is C14H22BrNS. The van der Waals surface area contributed by atoms with Crippen molar-refractivity contribution in [3.8, 4) is 0 Å². The molecule has 0 aliphatic heterocycles. The second kappa shape index (κ2) is 6.91. The van der Waals surface area contributed by atoms with Crippen LogP contribution in [0.15, 0.2) is 16.8 Å². The van der Waals surface area contributed by atoms with Crippen LogP contribution in [-0.4, -0.2) is 22.8 Å². The van der Waals surface area contributed by atoms with E-state index >= 15 is 0 Å². The van der Waals surface area contributed by atoms with Crippen LogP contribution < -0.4 is 0 Å². The lowest BCUT2D eigenvalue weighted by Crippen LogP contribution is -2.31. The Kier molecular flexibility index (Phi) is 5.51. The molecule has 1 unspecified atom stereocenters. The third-order valence-electron chi connectivity index (χ3n) is 3.44. The zero-order chi connectivity index (χ0) is 12.1. The van der Waals surface area contributed by atoms with Crippen LogP contribution in [-0.2, 0) is 6.54 Å². The molecule has 0 N–H and O–H groups in total. The summed E-state index contributed by atoms with van der Waals surface area (Å²) in [4.78, 5) is 2.70. The first-order valence-electron chi connectivity index (χ1n) is 6.64. The summed E-state index contributed by atoms with van der Waals surface area (Å²) in [6, 6.07) is 3.14. The van der Waals surface area contributed by atoms with E-state index in [0.717, 1.165) is 23.8 Å². The zero-order valence-electron chi connectivity index (χ0n) is 10.6. The van der Waals surface area contributed by atoms with Gasteiger partial charge in [0.1, 0.15) is 0 Å². The molecule has 1 aromatic heterocycles. The SMILES string of the molecule is CCCC(CBr)CN(Cc1ccsc1)C1CC1. The van der Waals surface area contributed by atoms with E-state index in [2.05, 4.69) is 44.6 Å². The van der Waals surface area contributed by atoms with Crippen LogP contribution in [0, 0.1) is 5.92 Å². The molecule has 1 atom stereocenters. The standard InChI is InChI=1S/C14H22BrNS/c1-2-3-12(8-15)9-16(14-4-5-14)10-13-6-7-17-11-13/h6-7,11-12,14H,2-5,8-10H2,1H3. The van der Waals surface area contributed by atoms with E-state index in [4.69, 9.17) is 0 Å². The quantitative estimate of drug-likeness (QED) is 0.637. The van der Waals surface area contributed by atoms with Crippen LogP contribution in [0.5, 0.6) is 0 Å². The molecule has 0 spiro atoms. The number of nitrogens with zero attached hydrogens (tertiary/aromatic N) is 1. The largest absolute Gasteiger partial charge is 0.296 e. The van der Waals surface area contributed by atoms with E-state index in [1.54, 1.807) is 0 Å². The maximum Gasteiger partial charge on any atom is 0.0245 e. The first-order valence-corrected chi connectivity index (χ1v) is 8.71. The van der Waals surface area contributed by atoms with Crippen molar-refractivity contribution in [1.82, 2.24) is 4.90 Å². The van der Waals surface area contributed by atoms with Crippen molar-refractivity contribution in [2.75, 3.05) is 11.9 Å². The van der Waals surface area contributed by atoms with Gasteiger partial charge in [-0.3, -0.25) is 4.90 Å². The maximum atomic E-state index is 3.67. The van der Waals surface area contributed by atoms with Gasteiger partial charge in [0.25, 0.3) is 0 Å². The minimum absolute atomic E-state index is 0.819. The minimum atomic E-state index is 0.819. The van der Waals surface area contributed by atoms with Crippen LogP contribution in [0.3, 0.4) is 0 Å². The first-order chi connectivity index (χ1) is 8.33. The third kappa shape index (κ3) is 4.38. The molecule has 0 saturated heterocycles. The van der Waals surface area contributed by atoms with Gasteiger partial charge in [-0.1, -0.05) is 29.3 Å². The Hall–Kier alpha value is 0.140. The summed E-state index contributed by atoms with van der Waals surface area (Å²) in [7, 11) is 0. The highest BCUT2D eigenvalue weighted by atomic mass is 79.9. The average Bonchev–Trinajstić information content (AvgIpc) is 3.06. The van der Waals surface area contributed by atoms with Gasteiger partial charge in [-0.25, -0.2) is 0 Å². The molecule has 1 aliphatic carbocycles. The van der Waals surface area contributed by atoms with E-state index in [9.17, 15) is 0 Å². The van der Waals surface area contributed by atoms with Gasteiger partial charge < -0.3 is 0 Å². The van der Waals surface area contributed by atoms with Crippen molar-refractivity contribution in [2.24, 2.45) is 5.92 Å². The summed E-state index contributed by atoms with van der Waals surface area (Å²) >= 11 is 5.48. The average molecular weight is 316 g/mol. The van der Waals surface area contributed by atoms with Gasteiger partial charge in [0, 0.05) is 24.5 Å². The summed E-state index contributed by atoms with van der Waals surface area (Å²) in [5, 5.41) is 5.63. The Morgan fingerprint density at radius 1 is 1.53 bits per heavy atom. The van der Waals surface area contributed by atoms with Crippen molar-refractivity contribution in [3.05, 3.63) is 22.4 Å². The molecule has 0 aromatic carbocycles. The topological polar surface area (TPSA) is 3.24 Å². The molecule has 96 valence electrons. The fourth-order valence-electron chi connectivity index (χ4n) is 2.36. The van der Waals surface area contributed by atoms with Gasteiger partial charge in [-0.2, -0.15) is 11.3 Å². The van der Waals surface area contributed by atoms with E-state index in [-0.39, 0.29) is 0 Å². The summed E-state index contributed by atoms with van der Waals surface area (Å²) in [5.74, 6) is 0.819. The van der Waals surface area contributed by atoms with Gasteiger partial charge in [0.05, 0.1) is 0 Å². The Bertz CT molecular complexity index is 308. The molecule has 2 rings (SSSR count). The lowest BCUT2D eigenvalue weighted by Gasteiger charge is -2.26. The fourth-order valence-corrected chi connectivity index (χ4v) is 3.54. The van der Waals surface area contributed by atoms with Crippen LogP contribution in [0.2, 0.25) is 0 Å². The van der Waals surface area contributed by atoms with Crippen LogP contribution in [0.4, 0.5) is 0 Å². The summed E-state index contributed by atoms with van der Waals surface area (Å²) < 4.78 is 0. The number of rotatable bonds is 8. The van der Waals surface area contributed by atoms with Crippen LogP contribution in [0.1, 0.15) is 38.2 Å². The highest BCUT2D eigenvalue weighted by Crippen LogP contribution is 2.30. The van der Waals surface area contributed by atoms with Crippen molar-refractivity contribution in [2.45, 2.75) is 45.2 Å². The number of thiophene rings is 1. The lowest BCUT2D eigenvalue weighted by atomic mass is 10.1. The molecule has 3 heteroatoms. The van der Waals surface area contributed by atoms with Crippen molar-refractivity contribution >= 4 is 27.3 Å². The molecule has 0 amide bonds. The molecule has 1 heterocycles. The first kappa shape index (κ1) is 13.6. The molecular weight excluding hydrogens is 294 g/mol. The lowest BCUT2D eigenvalue weighted by molar-refractivity contribution is 0.216. The zero-order valence-corrected chi connectivity index (χ0v) is 13.0.